The summed E-state index contributed by atoms with van der Waals surface area (Å²) in [7, 11) is -2.16. The third-order valence-electron chi connectivity index (χ3n) is 7.42. The van der Waals surface area contributed by atoms with Crippen molar-refractivity contribution < 1.29 is 32.1 Å². The number of nitrogens with zero attached hydrogens (tertiary/aromatic N) is 6. The van der Waals surface area contributed by atoms with E-state index in [0.29, 0.717) is 24.5 Å². The number of halogens is 1. The standard InChI is InChI=1S/C27H30FN7O7S/c1-3-42-27(37)34-23-9-10-33(43(40,41)20-6-4-5-18(28)15-20)17-22(23)25(30-34)29-26(36)21-8-7-19(16-24(21)35(38)39)32-13-11-31(2)12-14-32/h4-8,15-16H,3,9-14,17H2,1-2H3,(H,29,30,36). The van der Waals surface area contributed by atoms with E-state index < -0.39 is 38.5 Å². The number of likely N-dealkylation sites (N-methyl/N-ethyl adjacent to an activating group) is 1. The molecule has 0 unspecified atom stereocenters. The van der Waals surface area contributed by atoms with Crippen LogP contribution in [0.25, 0.3) is 0 Å². The van der Waals surface area contributed by atoms with Gasteiger partial charge in [-0.05, 0) is 44.3 Å². The van der Waals surface area contributed by atoms with Gasteiger partial charge in [0.05, 0.1) is 22.1 Å². The first-order chi connectivity index (χ1) is 20.5. The number of carbonyl (C=O) groups excluding carboxylic acids is 2. The lowest BCUT2D eigenvalue weighted by Crippen LogP contribution is -2.44. The molecule has 228 valence electrons. The van der Waals surface area contributed by atoms with Crippen molar-refractivity contribution in [1.29, 1.82) is 0 Å². The van der Waals surface area contributed by atoms with E-state index in [0.717, 1.165) is 34.2 Å². The van der Waals surface area contributed by atoms with Crippen molar-refractivity contribution in [2.45, 2.75) is 24.8 Å². The Morgan fingerprint density at radius 3 is 2.53 bits per heavy atom. The summed E-state index contributed by atoms with van der Waals surface area (Å²) >= 11 is 0. The molecule has 0 aliphatic carbocycles. The highest BCUT2D eigenvalue weighted by Gasteiger charge is 2.35. The van der Waals surface area contributed by atoms with E-state index in [-0.39, 0.29) is 48.0 Å². The maximum atomic E-state index is 13.8. The van der Waals surface area contributed by atoms with Crippen LogP contribution in [0.3, 0.4) is 0 Å². The van der Waals surface area contributed by atoms with Crippen LogP contribution < -0.4 is 10.2 Å². The average molecular weight is 616 g/mol. The number of amides is 1. The Morgan fingerprint density at radius 1 is 1.12 bits per heavy atom. The summed E-state index contributed by atoms with van der Waals surface area (Å²) < 4.78 is 47.6. The lowest BCUT2D eigenvalue weighted by molar-refractivity contribution is -0.385. The van der Waals surface area contributed by atoms with Crippen LogP contribution in [0.2, 0.25) is 0 Å². The van der Waals surface area contributed by atoms with Gasteiger partial charge < -0.3 is 19.9 Å². The lowest BCUT2D eigenvalue weighted by Gasteiger charge is -2.34. The second-order valence-corrected chi connectivity index (χ2v) is 12.1. The van der Waals surface area contributed by atoms with Crippen molar-refractivity contribution in [2.24, 2.45) is 0 Å². The van der Waals surface area contributed by atoms with E-state index in [1.54, 1.807) is 13.0 Å². The number of sulfonamides is 1. The molecule has 0 atom stereocenters. The van der Waals surface area contributed by atoms with Crippen molar-refractivity contribution in [2.75, 3.05) is 56.6 Å². The van der Waals surface area contributed by atoms with Crippen LogP contribution in [0.15, 0.2) is 47.4 Å². The number of rotatable bonds is 7. The number of nitrogens with one attached hydrogen (secondary N) is 1. The summed E-state index contributed by atoms with van der Waals surface area (Å²) in [5.41, 5.74) is 0.493. The summed E-state index contributed by atoms with van der Waals surface area (Å²) in [5.74, 6) is -1.73. The number of nitro benzene ring substituents is 1. The second-order valence-electron chi connectivity index (χ2n) is 10.1. The minimum Gasteiger partial charge on any atom is -0.448 e. The van der Waals surface area contributed by atoms with Gasteiger partial charge in [-0.3, -0.25) is 14.9 Å². The quantitative estimate of drug-likeness (QED) is 0.309. The van der Waals surface area contributed by atoms with Gasteiger partial charge in [-0.25, -0.2) is 17.6 Å². The molecule has 2 aliphatic heterocycles. The fourth-order valence-corrected chi connectivity index (χ4v) is 6.55. The van der Waals surface area contributed by atoms with Gasteiger partial charge in [0.1, 0.15) is 11.4 Å². The summed E-state index contributed by atoms with van der Waals surface area (Å²) in [4.78, 5) is 41.3. The number of hydrogen-bond acceptors (Lipinski definition) is 10. The van der Waals surface area contributed by atoms with Gasteiger partial charge in [0.15, 0.2) is 5.82 Å². The number of hydrogen-bond donors (Lipinski definition) is 1. The topological polar surface area (TPSA) is 160 Å². The molecule has 1 N–H and O–H groups in total. The van der Waals surface area contributed by atoms with E-state index in [4.69, 9.17) is 4.74 Å². The molecule has 3 heterocycles. The van der Waals surface area contributed by atoms with Gasteiger partial charge in [0.25, 0.3) is 11.6 Å². The van der Waals surface area contributed by atoms with E-state index >= 15 is 0 Å². The summed E-state index contributed by atoms with van der Waals surface area (Å²) in [6, 6.07) is 8.92. The predicted molar refractivity (Wildman–Crippen MR) is 153 cm³/mol. The number of anilines is 2. The van der Waals surface area contributed by atoms with Crippen LogP contribution in [0.1, 0.15) is 28.5 Å². The Labute approximate surface area is 246 Å². The number of aromatic nitrogens is 2. The van der Waals surface area contributed by atoms with Crippen molar-refractivity contribution in [3.63, 3.8) is 0 Å². The Balaban J connectivity index is 1.47. The van der Waals surface area contributed by atoms with Crippen LogP contribution in [0, 0.1) is 15.9 Å². The van der Waals surface area contributed by atoms with Crippen molar-refractivity contribution >= 4 is 39.2 Å². The third kappa shape index (κ3) is 6.07. The Morgan fingerprint density at radius 2 is 1.86 bits per heavy atom. The Hall–Kier alpha value is -4.41. The molecule has 5 rings (SSSR count). The molecule has 43 heavy (non-hydrogen) atoms. The molecule has 0 bridgehead atoms. The van der Waals surface area contributed by atoms with Crippen molar-refractivity contribution in [3.05, 3.63) is 75.2 Å². The van der Waals surface area contributed by atoms with Gasteiger partial charge in [0, 0.05) is 63.0 Å². The fourth-order valence-electron chi connectivity index (χ4n) is 5.11. The van der Waals surface area contributed by atoms with Gasteiger partial charge in [-0.15, -0.1) is 5.10 Å². The van der Waals surface area contributed by atoms with Gasteiger partial charge in [-0.2, -0.15) is 8.99 Å². The highest BCUT2D eigenvalue weighted by atomic mass is 32.2. The van der Waals surface area contributed by atoms with Gasteiger partial charge >= 0.3 is 6.09 Å². The highest BCUT2D eigenvalue weighted by molar-refractivity contribution is 7.89. The zero-order valence-electron chi connectivity index (χ0n) is 23.5. The molecule has 1 saturated heterocycles. The first-order valence-corrected chi connectivity index (χ1v) is 15.0. The number of ether oxygens (including phenoxy) is 1. The molecule has 2 aromatic carbocycles. The van der Waals surface area contributed by atoms with Crippen LogP contribution in [0.4, 0.5) is 26.4 Å². The lowest BCUT2D eigenvalue weighted by atomic mass is 10.1. The zero-order chi connectivity index (χ0) is 30.9. The maximum Gasteiger partial charge on any atom is 0.434 e. The van der Waals surface area contributed by atoms with Crippen molar-refractivity contribution in [1.82, 2.24) is 19.0 Å². The molecule has 3 aromatic rings. The zero-order valence-corrected chi connectivity index (χ0v) is 24.3. The van der Waals surface area contributed by atoms with E-state index in [9.17, 15) is 32.5 Å². The maximum absolute atomic E-state index is 13.8. The first kappa shape index (κ1) is 30.1. The molecule has 1 aromatic heterocycles. The summed E-state index contributed by atoms with van der Waals surface area (Å²) in [6.07, 6.45) is -0.797. The normalized spacial score (nSPS) is 16.0. The molecule has 0 radical (unpaired) electrons. The molecule has 14 nitrogen and oxygen atoms in total. The Bertz CT molecular complexity index is 1690. The molecular weight excluding hydrogens is 585 g/mol. The minimum atomic E-state index is -4.15. The molecule has 16 heteroatoms. The largest absolute Gasteiger partial charge is 0.448 e. The van der Waals surface area contributed by atoms with Gasteiger partial charge in [0.2, 0.25) is 10.0 Å². The number of fused-ring (bicyclic) bond motifs is 1. The number of carbonyl (C=O) groups is 2. The van der Waals surface area contributed by atoms with E-state index in [1.807, 2.05) is 11.9 Å². The molecule has 1 amide bonds. The number of benzene rings is 2. The van der Waals surface area contributed by atoms with Crippen molar-refractivity contribution in [3.8, 4) is 0 Å². The van der Waals surface area contributed by atoms with Crippen LogP contribution in [-0.4, -0.2) is 90.7 Å². The Kier molecular flexibility index (Phi) is 8.43. The molecule has 0 spiro atoms. The monoisotopic (exact) mass is 615 g/mol. The second kappa shape index (κ2) is 12.1. The average Bonchev–Trinajstić information content (AvgIpc) is 3.35. The fraction of sp³-hybridized carbons (Fsp3) is 0.370. The molecule has 0 saturated carbocycles. The summed E-state index contributed by atoms with van der Waals surface area (Å²) in [6.45, 7) is 4.22. The van der Waals surface area contributed by atoms with Crippen LogP contribution >= 0.6 is 0 Å². The number of piperazine rings is 1. The molecule has 2 aliphatic rings. The smallest absolute Gasteiger partial charge is 0.434 e. The van der Waals surface area contributed by atoms with Gasteiger partial charge in [-0.1, -0.05) is 6.07 Å². The summed E-state index contributed by atoms with van der Waals surface area (Å²) in [5, 5.41) is 18.7. The SMILES string of the molecule is CCOC(=O)n1nc(NC(=O)c2ccc(N3CCN(C)CC3)cc2[N+](=O)[O-])c2c1CCN(S(=O)(=O)c1cccc(F)c1)C2. The third-order valence-corrected chi connectivity index (χ3v) is 9.26. The highest BCUT2D eigenvalue weighted by Crippen LogP contribution is 2.32. The van der Waals surface area contributed by atoms with Crippen LogP contribution in [0.5, 0.6) is 0 Å². The minimum absolute atomic E-state index is 0.0332. The van der Waals surface area contributed by atoms with E-state index in [1.165, 1.54) is 24.3 Å². The first-order valence-electron chi connectivity index (χ1n) is 13.6. The molecular formula is C27H30FN7O7S. The predicted octanol–water partition coefficient (Wildman–Crippen LogP) is 2.69. The van der Waals surface area contributed by atoms with E-state index in [2.05, 4.69) is 15.3 Å². The molecule has 1 fully saturated rings. The number of nitro groups is 1. The van der Waals surface area contributed by atoms with Crippen LogP contribution in [-0.2, 0) is 27.7 Å².